The lowest BCUT2D eigenvalue weighted by molar-refractivity contribution is 0.0968. The van der Waals surface area contributed by atoms with Crippen LogP contribution in [-0.2, 0) is 0 Å². The monoisotopic (exact) mass is 267 g/mol. The van der Waals surface area contributed by atoms with E-state index in [0.717, 1.165) is 13.0 Å². The summed E-state index contributed by atoms with van der Waals surface area (Å²) < 4.78 is 12.7. The van der Waals surface area contributed by atoms with E-state index in [4.69, 9.17) is 5.11 Å². The first-order valence-corrected chi connectivity index (χ1v) is 6.68. The molecule has 0 aliphatic heterocycles. The van der Waals surface area contributed by atoms with Crippen molar-refractivity contribution in [3.05, 3.63) is 35.6 Å². The summed E-state index contributed by atoms with van der Waals surface area (Å²) in [5.41, 5.74) is 0.555. The third-order valence-corrected chi connectivity index (χ3v) is 3.13. The fraction of sp³-hybridized carbons (Fsp3) is 0.533. The molecule has 0 spiro atoms. The first-order valence-electron chi connectivity index (χ1n) is 6.68. The van der Waals surface area contributed by atoms with Gasteiger partial charge in [-0.2, -0.15) is 0 Å². The number of aliphatic hydroxyl groups excluding tert-OH is 1. The molecule has 1 aromatic carbocycles. The Morgan fingerprint density at radius 3 is 2.42 bits per heavy atom. The third kappa shape index (κ3) is 5.49. The van der Waals surface area contributed by atoms with Gasteiger partial charge in [-0.25, -0.2) is 4.39 Å². The molecule has 0 unspecified atom stereocenters. The summed E-state index contributed by atoms with van der Waals surface area (Å²) in [7, 11) is 0. The highest BCUT2D eigenvalue weighted by Crippen LogP contribution is 2.08. The number of ketones is 1. The smallest absolute Gasteiger partial charge is 0.162 e. The molecule has 3 nitrogen and oxygen atoms in total. The molecule has 106 valence electrons. The Morgan fingerprint density at radius 2 is 1.89 bits per heavy atom. The van der Waals surface area contributed by atoms with Crippen LogP contribution in [0.4, 0.5) is 4.39 Å². The van der Waals surface area contributed by atoms with E-state index in [-0.39, 0.29) is 18.2 Å². The highest BCUT2D eigenvalue weighted by molar-refractivity contribution is 5.95. The number of hydrogen-bond acceptors (Lipinski definition) is 3. The van der Waals surface area contributed by atoms with Crippen LogP contribution in [0.1, 0.15) is 37.0 Å². The SMILES string of the molecule is CC(C)N(CCO)CCCC(=O)c1ccc(F)cc1. The summed E-state index contributed by atoms with van der Waals surface area (Å²) in [4.78, 5) is 14.0. The third-order valence-electron chi connectivity index (χ3n) is 3.13. The van der Waals surface area contributed by atoms with E-state index in [1.54, 1.807) is 0 Å². The van der Waals surface area contributed by atoms with Crippen molar-refractivity contribution in [2.45, 2.75) is 32.7 Å². The minimum atomic E-state index is -0.328. The molecular weight excluding hydrogens is 245 g/mol. The van der Waals surface area contributed by atoms with Gasteiger partial charge in [-0.05, 0) is 51.1 Å². The standard InChI is InChI=1S/C15H22FNO2/c1-12(2)17(10-11-18)9-3-4-15(19)13-5-7-14(16)8-6-13/h5-8,12,18H,3-4,9-11H2,1-2H3. The van der Waals surface area contributed by atoms with Gasteiger partial charge in [-0.1, -0.05) is 0 Å². The van der Waals surface area contributed by atoms with E-state index in [9.17, 15) is 9.18 Å². The fourth-order valence-electron chi connectivity index (χ4n) is 1.98. The average molecular weight is 267 g/mol. The topological polar surface area (TPSA) is 40.5 Å². The van der Waals surface area contributed by atoms with Gasteiger partial charge in [0, 0.05) is 24.6 Å². The van der Waals surface area contributed by atoms with Gasteiger partial charge in [-0.3, -0.25) is 9.69 Å². The number of nitrogens with zero attached hydrogens (tertiary/aromatic N) is 1. The molecule has 4 heteroatoms. The quantitative estimate of drug-likeness (QED) is 0.736. The number of rotatable bonds is 8. The molecule has 1 aromatic rings. The molecule has 0 atom stereocenters. The maximum absolute atomic E-state index is 12.7. The molecule has 0 aliphatic carbocycles. The summed E-state index contributed by atoms with van der Waals surface area (Å²) in [5, 5.41) is 8.95. The van der Waals surface area contributed by atoms with Crippen molar-refractivity contribution < 1.29 is 14.3 Å². The van der Waals surface area contributed by atoms with Crippen LogP contribution in [0.25, 0.3) is 0 Å². The van der Waals surface area contributed by atoms with Crippen LogP contribution in [0.5, 0.6) is 0 Å². The lowest BCUT2D eigenvalue weighted by atomic mass is 10.1. The molecule has 0 radical (unpaired) electrons. The molecule has 0 aromatic heterocycles. The van der Waals surface area contributed by atoms with E-state index in [1.807, 2.05) is 0 Å². The second-order valence-electron chi connectivity index (χ2n) is 4.89. The van der Waals surface area contributed by atoms with Crippen LogP contribution in [0.15, 0.2) is 24.3 Å². The second kappa shape index (κ2) is 8.02. The Bertz CT molecular complexity index is 390. The predicted molar refractivity (Wildman–Crippen MR) is 73.8 cm³/mol. The maximum Gasteiger partial charge on any atom is 0.162 e. The molecule has 0 bridgehead atoms. The van der Waals surface area contributed by atoms with Crippen molar-refractivity contribution >= 4 is 5.78 Å². The van der Waals surface area contributed by atoms with E-state index in [0.29, 0.717) is 24.6 Å². The van der Waals surface area contributed by atoms with Gasteiger partial charge in [0.2, 0.25) is 0 Å². The van der Waals surface area contributed by atoms with Gasteiger partial charge < -0.3 is 5.11 Å². The highest BCUT2D eigenvalue weighted by atomic mass is 19.1. The summed E-state index contributed by atoms with van der Waals surface area (Å²) in [5.74, 6) is -0.293. The molecule has 1 rings (SSSR count). The number of benzene rings is 1. The lowest BCUT2D eigenvalue weighted by Gasteiger charge is -2.25. The Kier molecular flexibility index (Phi) is 6.67. The molecule has 0 fully saturated rings. The first kappa shape index (κ1) is 15.8. The van der Waals surface area contributed by atoms with Crippen LogP contribution in [-0.4, -0.2) is 41.5 Å². The van der Waals surface area contributed by atoms with Gasteiger partial charge in [-0.15, -0.1) is 0 Å². The van der Waals surface area contributed by atoms with Crippen molar-refractivity contribution in [3.63, 3.8) is 0 Å². The van der Waals surface area contributed by atoms with Crippen LogP contribution in [0.3, 0.4) is 0 Å². The average Bonchev–Trinajstić information content (AvgIpc) is 2.38. The largest absolute Gasteiger partial charge is 0.395 e. The lowest BCUT2D eigenvalue weighted by Crippen LogP contribution is -2.34. The molecule has 0 saturated heterocycles. The zero-order valence-corrected chi connectivity index (χ0v) is 11.6. The zero-order valence-electron chi connectivity index (χ0n) is 11.6. The first-order chi connectivity index (χ1) is 9.04. The van der Waals surface area contributed by atoms with Crippen molar-refractivity contribution in [1.29, 1.82) is 0 Å². The van der Waals surface area contributed by atoms with E-state index >= 15 is 0 Å². The summed E-state index contributed by atoms with van der Waals surface area (Å²) in [6, 6.07) is 6.00. The minimum Gasteiger partial charge on any atom is -0.395 e. The van der Waals surface area contributed by atoms with Crippen LogP contribution < -0.4 is 0 Å². The maximum atomic E-state index is 12.7. The van der Waals surface area contributed by atoms with Gasteiger partial charge in [0.25, 0.3) is 0 Å². The van der Waals surface area contributed by atoms with Crippen molar-refractivity contribution in [3.8, 4) is 0 Å². The van der Waals surface area contributed by atoms with E-state index in [2.05, 4.69) is 18.7 Å². The van der Waals surface area contributed by atoms with Crippen molar-refractivity contribution in [2.75, 3.05) is 19.7 Å². The second-order valence-corrected chi connectivity index (χ2v) is 4.89. The molecule has 0 heterocycles. The Hall–Kier alpha value is -1.26. The summed E-state index contributed by atoms with van der Waals surface area (Å²) in [6.07, 6.45) is 1.19. The highest BCUT2D eigenvalue weighted by Gasteiger charge is 2.10. The Balaban J connectivity index is 2.39. The summed E-state index contributed by atoms with van der Waals surface area (Å²) in [6.45, 7) is 5.67. The van der Waals surface area contributed by atoms with Crippen LogP contribution in [0, 0.1) is 5.82 Å². The van der Waals surface area contributed by atoms with Crippen molar-refractivity contribution in [1.82, 2.24) is 4.90 Å². The number of halogens is 1. The zero-order chi connectivity index (χ0) is 14.3. The minimum absolute atomic E-state index is 0.0349. The summed E-state index contributed by atoms with van der Waals surface area (Å²) >= 11 is 0. The molecule has 0 saturated carbocycles. The Morgan fingerprint density at radius 1 is 1.26 bits per heavy atom. The normalized spacial score (nSPS) is 11.3. The molecular formula is C15H22FNO2. The molecule has 19 heavy (non-hydrogen) atoms. The van der Waals surface area contributed by atoms with Gasteiger partial charge in [0.15, 0.2) is 5.78 Å². The molecule has 1 N–H and O–H groups in total. The van der Waals surface area contributed by atoms with Gasteiger partial charge in [0.05, 0.1) is 6.61 Å². The van der Waals surface area contributed by atoms with Crippen LogP contribution in [0.2, 0.25) is 0 Å². The fourth-order valence-corrected chi connectivity index (χ4v) is 1.98. The van der Waals surface area contributed by atoms with Gasteiger partial charge >= 0.3 is 0 Å². The number of Topliss-reactive ketones (excluding diaryl/α,β-unsaturated/α-hetero) is 1. The van der Waals surface area contributed by atoms with Crippen molar-refractivity contribution in [2.24, 2.45) is 0 Å². The number of carbonyl (C=O) groups excluding carboxylic acids is 1. The van der Waals surface area contributed by atoms with E-state index in [1.165, 1.54) is 24.3 Å². The number of carbonyl (C=O) groups is 1. The van der Waals surface area contributed by atoms with E-state index < -0.39 is 0 Å². The van der Waals surface area contributed by atoms with Gasteiger partial charge in [0.1, 0.15) is 5.82 Å². The predicted octanol–water partition coefficient (Wildman–Crippen LogP) is 2.49. The number of aliphatic hydroxyl groups is 1. The molecule has 0 aliphatic rings. The van der Waals surface area contributed by atoms with Crippen LogP contribution >= 0.6 is 0 Å². The Labute approximate surface area is 114 Å². The molecule has 0 amide bonds. The number of hydrogen-bond donors (Lipinski definition) is 1.